The predicted molar refractivity (Wildman–Crippen MR) is 111 cm³/mol. The largest absolute Gasteiger partial charge is 0.358 e. The smallest absolute Gasteiger partial charge is 0.254 e. The lowest BCUT2D eigenvalue weighted by atomic mass is 9.95. The number of aromatic amines is 1. The minimum atomic E-state index is -0.00285. The standard InChI is InChI=1S/C24H23N3O/c1-2-13-27(16-18-9-7-17(15-25)8-10-18)24(28)19-11-12-23-21(14-19)20-5-3-4-6-22(20)26-23/h2,7-12,14,26H,1,3-6,13,16H2. The van der Waals surface area contributed by atoms with Crippen LogP contribution in [0, 0.1) is 11.3 Å². The molecule has 4 nitrogen and oxygen atoms in total. The zero-order valence-electron chi connectivity index (χ0n) is 15.9. The Bertz CT molecular complexity index is 1070. The van der Waals surface area contributed by atoms with Crippen molar-refractivity contribution in [3.05, 3.63) is 83.1 Å². The average Bonchev–Trinajstić information content (AvgIpc) is 3.11. The Labute approximate surface area is 165 Å². The lowest BCUT2D eigenvalue weighted by Gasteiger charge is -2.21. The van der Waals surface area contributed by atoms with E-state index in [1.165, 1.54) is 29.5 Å². The van der Waals surface area contributed by atoms with Crippen LogP contribution < -0.4 is 0 Å². The van der Waals surface area contributed by atoms with Crippen LogP contribution in [0.2, 0.25) is 0 Å². The van der Waals surface area contributed by atoms with Gasteiger partial charge >= 0.3 is 0 Å². The van der Waals surface area contributed by atoms with Crippen LogP contribution in [-0.4, -0.2) is 22.3 Å². The van der Waals surface area contributed by atoms with Crippen molar-refractivity contribution in [1.29, 1.82) is 5.26 Å². The fraction of sp³-hybridized carbons (Fsp3) is 0.250. The zero-order valence-corrected chi connectivity index (χ0v) is 15.9. The molecule has 0 aliphatic heterocycles. The highest BCUT2D eigenvalue weighted by Gasteiger charge is 2.19. The van der Waals surface area contributed by atoms with E-state index in [1.54, 1.807) is 23.1 Å². The lowest BCUT2D eigenvalue weighted by molar-refractivity contribution is 0.0763. The maximum atomic E-state index is 13.2. The summed E-state index contributed by atoms with van der Waals surface area (Å²) in [5.41, 5.74) is 6.13. The van der Waals surface area contributed by atoms with Gasteiger partial charge in [0.25, 0.3) is 5.91 Å². The molecule has 0 unspecified atom stereocenters. The number of aryl methyl sites for hydroxylation is 2. The van der Waals surface area contributed by atoms with E-state index in [9.17, 15) is 4.79 Å². The molecule has 0 atom stereocenters. The molecular weight excluding hydrogens is 346 g/mol. The fourth-order valence-electron chi connectivity index (χ4n) is 4.00. The molecular formula is C24H23N3O. The number of aromatic nitrogens is 1. The molecule has 2 aromatic carbocycles. The van der Waals surface area contributed by atoms with Crippen LogP contribution in [0.15, 0.2) is 55.1 Å². The first-order valence-corrected chi connectivity index (χ1v) is 9.72. The number of nitrogens with one attached hydrogen (secondary N) is 1. The second-order valence-corrected chi connectivity index (χ2v) is 7.33. The molecule has 0 saturated heterocycles. The minimum Gasteiger partial charge on any atom is -0.358 e. The van der Waals surface area contributed by atoms with Gasteiger partial charge in [-0.25, -0.2) is 0 Å². The van der Waals surface area contributed by atoms with Crippen LogP contribution in [0.1, 0.15) is 45.6 Å². The summed E-state index contributed by atoms with van der Waals surface area (Å²) < 4.78 is 0. The van der Waals surface area contributed by atoms with Gasteiger partial charge in [0, 0.05) is 35.2 Å². The van der Waals surface area contributed by atoms with Gasteiger partial charge in [-0.3, -0.25) is 4.79 Å². The van der Waals surface area contributed by atoms with Gasteiger partial charge in [0.2, 0.25) is 0 Å². The van der Waals surface area contributed by atoms with Crippen molar-refractivity contribution >= 4 is 16.8 Å². The molecule has 1 aliphatic carbocycles. The van der Waals surface area contributed by atoms with Crippen molar-refractivity contribution in [1.82, 2.24) is 9.88 Å². The number of H-pyrrole nitrogens is 1. The van der Waals surface area contributed by atoms with E-state index in [0.717, 1.165) is 23.9 Å². The maximum Gasteiger partial charge on any atom is 0.254 e. The summed E-state index contributed by atoms with van der Waals surface area (Å²) in [7, 11) is 0. The predicted octanol–water partition coefficient (Wildman–Crippen LogP) is 4.75. The molecule has 1 heterocycles. The molecule has 140 valence electrons. The van der Waals surface area contributed by atoms with Gasteiger partial charge < -0.3 is 9.88 Å². The first kappa shape index (κ1) is 18.1. The van der Waals surface area contributed by atoms with E-state index in [4.69, 9.17) is 5.26 Å². The normalized spacial score (nSPS) is 13.0. The Hall–Kier alpha value is -3.32. The Morgan fingerprint density at radius 3 is 2.71 bits per heavy atom. The van der Waals surface area contributed by atoms with E-state index in [0.29, 0.717) is 24.2 Å². The molecule has 28 heavy (non-hydrogen) atoms. The van der Waals surface area contributed by atoms with E-state index in [2.05, 4.69) is 17.6 Å². The highest BCUT2D eigenvalue weighted by Crippen LogP contribution is 2.30. The van der Waals surface area contributed by atoms with E-state index in [-0.39, 0.29) is 5.91 Å². The molecule has 0 fully saturated rings. The first-order valence-electron chi connectivity index (χ1n) is 9.72. The molecule has 3 aromatic rings. The van der Waals surface area contributed by atoms with Crippen molar-refractivity contribution in [2.75, 3.05) is 6.54 Å². The molecule has 1 amide bonds. The van der Waals surface area contributed by atoms with Gasteiger partial charge in [0.05, 0.1) is 11.6 Å². The molecule has 0 bridgehead atoms. The summed E-state index contributed by atoms with van der Waals surface area (Å²) in [6, 6.07) is 15.4. The number of carbonyl (C=O) groups is 1. The lowest BCUT2D eigenvalue weighted by Crippen LogP contribution is -2.30. The Kier molecular flexibility index (Phi) is 4.99. The molecule has 0 spiro atoms. The van der Waals surface area contributed by atoms with Crippen molar-refractivity contribution in [3.63, 3.8) is 0 Å². The molecule has 0 saturated carbocycles. The highest BCUT2D eigenvalue weighted by atomic mass is 16.2. The van der Waals surface area contributed by atoms with Crippen molar-refractivity contribution < 1.29 is 4.79 Å². The third kappa shape index (κ3) is 3.44. The monoisotopic (exact) mass is 369 g/mol. The molecule has 1 N–H and O–H groups in total. The van der Waals surface area contributed by atoms with Gasteiger partial charge in [0.15, 0.2) is 0 Å². The van der Waals surface area contributed by atoms with Crippen molar-refractivity contribution in [3.8, 4) is 6.07 Å². The topological polar surface area (TPSA) is 59.9 Å². The summed E-state index contributed by atoms with van der Waals surface area (Å²) in [6.45, 7) is 4.76. The van der Waals surface area contributed by atoms with Gasteiger partial charge in [-0.1, -0.05) is 18.2 Å². The third-order valence-electron chi connectivity index (χ3n) is 5.44. The summed E-state index contributed by atoms with van der Waals surface area (Å²) in [5, 5.41) is 10.1. The molecule has 4 heteroatoms. The molecule has 1 aromatic heterocycles. The van der Waals surface area contributed by atoms with Gasteiger partial charge in [-0.15, -0.1) is 6.58 Å². The Balaban J connectivity index is 1.62. The number of benzene rings is 2. The minimum absolute atomic E-state index is 0.00285. The van der Waals surface area contributed by atoms with Crippen LogP contribution in [0.3, 0.4) is 0 Å². The maximum absolute atomic E-state index is 13.2. The number of fused-ring (bicyclic) bond motifs is 3. The van der Waals surface area contributed by atoms with Gasteiger partial charge in [0.1, 0.15) is 0 Å². The molecule has 4 rings (SSSR count). The number of nitriles is 1. The summed E-state index contributed by atoms with van der Waals surface area (Å²) >= 11 is 0. The number of rotatable bonds is 5. The van der Waals surface area contributed by atoms with E-state index >= 15 is 0 Å². The number of hydrogen-bond acceptors (Lipinski definition) is 2. The molecule has 0 radical (unpaired) electrons. The summed E-state index contributed by atoms with van der Waals surface area (Å²) in [4.78, 5) is 18.5. The average molecular weight is 369 g/mol. The number of amides is 1. The van der Waals surface area contributed by atoms with Crippen LogP contribution in [-0.2, 0) is 19.4 Å². The summed E-state index contributed by atoms with van der Waals surface area (Å²) in [5.74, 6) is -0.00285. The van der Waals surface area contributed by atoms with Crippen LogP contribution in [0.5, 0.6) is 0 Å². The molecule has 1 aliphatic rings. The quantitative estimate of drug-likeness (QED) is 0.660. The number of hydrogen-bond donors (Lipinski definition) is 1. The number of nitrogens with zero attached hydrogens (tertiary/aromatic N) is 2. The highest BCUT2D eigenvalue weighted by molar-refractivity contribution is 5.99. The second-order valence-electron chi connectivity index (χ2n) is 7.33. The third-order valence-corrected chi connectivity index (χ3v) is 5.44. The van der Waals surface area contributed by atoms with Gasteiger partial charge in [-0.05, 0) is 67.1 Å². The van der Waals surface area contributed by atoms with Gasteiger partial charge in [-0.2, -0.15) is 5.26 Å². The van der Waals surface area contributed by atoms with Crippen LogP contribution in [0.4, 0.5) is 0 Å². The van der Waals surface area contributed by atoms with Crippen molar-refractivity contribution in [2.45, 2.75) is 32.2 Å². The Morgan fingerprint density at radius 2 is 1.96 bits per heavy atom. The van der Waals surface area contributed by atoms with Crippen LogP contribution >= 0.6 is 0 Å². The first-order chi connectivity index (χ1) is 13.7. The Morgan fingerprint density at radius 1 is 1.18 bits per heavy atom. The van der Waals surface area contributed by atoms with E-state index < -0.39 is 0 Å². The van der Waals surface area contributed by atoms with E-state index in [1.807, 2.05) is 30.3 Å². The van der Waals surface area contributed by atoms with Crippen LogP contribution in [0.25, 0.3) is 10.9 Å². The summed E-state index contributed by atoms with van der Waals surface area (Å²) in [6.07, 6.45) is 6.35. The van der Waals surface area contributed by atoms with Crippen molar-refractivity contribution in [2.24, 2.45) is 0 Å². The number of carbonyl (C=O) groups excluding carboxylic acids is 1. The fourth-order valence-corrected chi connectivity index (χ4v) is 4.00. The second kappa shape index (κ2) is 7.74. The zero-order chi connectivity index (χ0) is 19.5. The SMILES string of the molecule is C=CCN(Cc1ccc(C#N)cc1)C(=O)c1ccc2[nH]c3c(c2c1)CCCC3.